The van der Waals surface area contributed by atoms with E-state index in [1.165, 1.54) is 11.1 Å². The molecular weight excluding hydrogens is 656 g/mol. The van der Waals surface area contributed by atoms with Gasteiger partial charge < -0.3 is 14.7 Å². The second kappa shape index (κ2) is 16.5. The molecule has 268 valence electrons. The number of halogens is 1. The van der Waals surface area contributed by atoms with Gasteiger partial charge >= 0.3 is 0 Å². The molecule has 9 heteroatoms. The Hall–Kier alpha value is -2.81. The maximum absolute atomic E-state index is 13.7. The number of amides is 1. The summed E-state index contributed by atoms with van der Waals surface area (Å²) >= 11 is 6.44. The zero-order valence-corrected chi connectivity index (χ0v) is 31.1. The molecule has 2 aliphatic carbocycles. The van der Waals surface area contributed by atoms with E-state index in [9.17, 15) is 18.3 Å². The molecule has 5 rings (SSSR count). The molecule has 1 saturated carbocycles. The van der Waals surface area contributed by atoms with Crippen LogP contribution in [0.25, 0.3) is 0 Å². The molecule has 0 radical (unpaired) electrons. The average Bonchev–Trinajstić information content (AvgIpc) is 3.21. The number of allylic oxidation sites excluding steroid dienone is 2. The summed E-state index contributed by atoms with van der Waals surface area (Å²) in [5.74, 6) is 0.336. The zero-order valence-electron chi connectivity index (χ0n) is 29.5. The number of rotatable bonds is 15. The Morgan fingerprint density at radius 2 is 2.02 bits per heavy atom. The summed E-state index contributed by atoms with van der Waals surface area (Å²) in [6.07, 6.45) is 15.4. The first-order valence-corrected chi connectivity index (χ1v) is 20.3. The van der Waals surface area contributed by atoms with Gasteiger partial charge in [-0.25, -0.2) is 13.1 Å². The van der Waals surface area contributed by atoms with Crippen LogP contribution in [0.2, 0.25) is 5.02 Å². The lowest BCUT2D eigenvalue weighted by atomic mass is 9.68. The SMILES string of the molecule is C=CC[C@H](CCCC)C(C)S(=O)(=O)NC(=O)c1ccc2c(c1)N(C[C@@H]1CC[C@H]1[C@@H](O)/C=C/CCC)C[C@@]1(CCCc3cc(Cl)ccc31)CO2. The molecular formula is C40H55ClN2O5S. The van der Waals surface area contributed by atoms with E-state index in [-0.39, 0.29) is 28.7 Å². The Labute approximate surface area is 299 Å². The highest BCUT2D eigenvalue weighted by Crippen LogP contribution is 2.46. The maximum Gasteiger partial charge on any atom is 0.264 e. The molecule has 1 heterocycles. The minimum absolute atomic E-state index is 0.120. The number of sulfonamides is 1. The van der Waals surface area contributed by atoms with Gasteiger partial charge in [-0.2, -0.15) is 0 Å². The number of unbranched alkanes of at least 4 members (excludes halogenated alkanes) is 2. The standard InChI is InChI=1S/C40H55ClN2O5S/c1-5-8-10-15-37(44)34-19-16-32(34)25-43-26-40(22-11-14-30-23-33(41)18-20-35(30)40)27-48-38-21-17-31(24-36(38)43)39(45)42-49(46,47)28(4)29(12-7-3)13-9-6-2/h7,10,15,17-18,20-21,23-24,28-29,32,34,37,44H,3,5-6,8-9,11-14,16,19,22,25-27H2,1-2,4H3,(H,42,45)/b15-10+/t28?,29-,32+,34-,37+,40+/m1/s1. The van der Waals surface area contributed by atoms with Crippen molar-refractivity contribution in [3.05, 3.63) is 82.9 Å². The van der Waals surface area contributed by atoms with E-state index >= 15 is 0 Å². The smallest absolute Gasteiger partial charge is 0.264 e. The summed E-state index contributed by atoms with van der Waals surface area (Å²) in [6.45, 7) is 11.6. The highest BCUT2D eigenvalue weighted by atomic mass is 35.5. The first kappa shape index (κ1) is 37.4. The van der Waals surface area contributed by atoms with Crippen LogP contribution in [-0.4, -0.2) is 50.5 Å². The number of carbonyl (C=O) groups excluding carboxylic acids is 1. The number of nitrogens with zero attached hydrogens (tertiary/aromatic N) is 1. The second-order valence-corrected chi connectivity index (χ2v) is 17.1. The highest BCUT2D eigenvalue weighted by Gasteiger charge is 2.44. The molecule has 2 N–H and O–H groups in total. The molecule has 2 aromatic rings. The molecule has 49 heavy (non-hydrogen) atoms. The third kappa shape index (κ3) is 8.57. The fourth-order valence-corrected chi connectivity index (χ4v) is 9.62. The molecule has 0 bridgehead atoms. The van der Waals surface area contributed by atoms with E-state index < -0.39 is 27.3 Å². The predicted molar refractivity (Wildman–Crippen MR) is 200 cm³/mol. The van der Waals surface area contributed by atoms with Gasteiger partial charge in [-0.15, -0.1) is 6.58 Å². The molecule has 1 spiro atoms. The first-order valence-electron chi connectivity index (χ1n) is 18.3. The lowest BCUT2D eigenvalue weighted by molar-refractivity contribution is 0.0456. The van der Waals surface area contributed by atoms with E-state index in [2.05, 4.69) is 48.3 Å². The number of fused-ring (bicyclic) bond motifs is 3. The largest absolute Gasteiger partial charge is 0.490 e. The highest BCUT2D eigenvalue weighted by molar-refractivity contribution is 7.90. The molecule has 1 aliphatic heterocycles. The molecule has 1 fully saturated rings. The zero-order chi connectivity index (χ0) is 35.2. The van der Waals surface area contributed by atoms with Crippen LogP contribution in [0.3, 0.4) is 0 Å². The molecule has 2 aromatic carbocycles. The van der Waals surface area contributed by atoms with E-state index in [0.717, 1.165) is 74.9 Å². The van der Waals surface area contributed by atoms with Crippen LogP contribution >= 0.6 is 11.6 Å². The molecule has 0 aromatic heterocycles. The van der Waals surface area contributed by atoms with Crippen molar-refractivity contribution >= 4 is 33.2 Å². The van der Waals surface area contributed by atoms with Gasteiger partial charge in [-0.1, -0.05) is 69.0 Å². The van der Waals surface area contributed by atoms with Crippen molar-refractivity contribution in [1.82, 2.24) is 4.72 Å². The van der Waals surface area contributed by atoms with Crippen molar-refractivity contribution in [3.8, 4) is 5.75 Å². The molecule has 1 amide bonds. The van der Waals surface area contributed by atoms with Crippen LogP contribution in [-0.2, 0) is 21.9 Å². The number of carbonyl (C=O) groups is 1. The van der Waals surface area contributed by atoms with Crippen molar-refractivity contribution in [3.63, 3.8) is 0 Å². The summed E-state index contributed by atoms with van der Waals surface area (Å²) in [5.41, 5.74) is 3.28. The third-order valence-corrected chi connectivity index (χ3v) is 13.3. The Bertz CT molecular complexity index is 1610. The number of benzene rings is 2. The maximum atomic E-state index is 13.7. The lowest BCUT2D eigenvalue weighted by Gasteiger charge is -2.45. The Kier molecular flexibility index (Phi) is 12.6. The summed E-state index contributed by atoms with van der Waals surface area (Å²) in [4.78, 5) is 16.0. The minimum Gasteiger partial charge on any atom is -0.490 e. The van der Waals surface area contributed by atoms with Crippen molar-refractivity contribution in [2.45, 2.75) is 108 Å². The first-order chi connectivity index (χ1) is 23.5. The lowest BCUT2D eigenvalue weighted by Crippen LogP contribution is -2.49. The van der Waals surface area contributed by atoms with Crippen molar-refractivity contribution in [2.75, 3.05) is 24.6 Å². The van der Waals surface area contributed by atoms with Gasteiger partial charge in [-0.05, 0) is 118 Å². The molecule has 6 atom stereocenters. The van der Waals surface area contributed by atoms with E-state index in [4.69, 9.17) is 16.3 Å². The number of anilines is 1. The van der Waals surface area contributed by atoms with Crippen LogP contribution in [0.5, 0.6) is 5.75 Å². The van der Waals surface area contributed by atoms with Crippen LogP contribution in [0.1, 0.15) is 106 Å². The van der Waals surface area contributed by atoms with Gasteiger partial charge in [0.2, 0.25) is 10.0 Å². The normalized spacial score (nSPS) is 23.8. The number of aliphatic hydroxyl groups is 1. The van der Waals surface area contributed by atoms with Gasteiger partial charge in [0.15, 0.2) is 0 Å². The molecule has 0 saturated heterocycles. The fourth-order valence-electron chi connectivity index (χ4n) is 8.11. The molecule has 3 aliphatic rings. The summed E-state index contributed by atoms with van der Waals surface area (Å²) in [6, 6.07) is 11.4. The summed E-state index contributed by atoms with van der Waals surface area (Å²) < 4.78 is 36.0. The number of ether oxygens (including phenoxy) is 1. The number of hydrogen-bond donors (Lipinski definition) is 2. The summed E-state index contributed by atoms with van der Waals surface area (Å²) in [7, 11) is -3.94. The summed E-state index contributed by atoms with van der Waals surface area (Å²) in [5, 5.41) is 11.1. The average molecular weight is 711 g/mol. The van der Waals surface area contributed by atoms with Crippen LogP contribution in [0.15, 0.2) is 61.2 Å². The monoisotopic (exact) mass is 710 g/mol. The van der Waals surface area contributed by atoms with Gasteiger partial charge in [0, 0.05) is 29.1 Å². The second-order valence-electron chi connectivity index (χ2n) is 14.6. The molecule has 1 unspecified atom stereocenters. The van der Waals surface area contributed by atoms with Gasteiger partial charge in [0.1, 0.15) is 5.75 Å². The van der Waals surface area contributed by atoms with Gasteiger partial charge in [-0.3, -0.25) is 4.79 Å². The van der Waals surface area contributed by atoms with Crippen molar-refractivity contribution in [2.24, 2.45) is 17.8 Å². The number of aryl methyl sites for hydroxylation is 1. The van der Waals surface area contributed by atoms with E-state index in [1.54, 1.807) is 31.2 Å². The molecule has 7 nitrogen and oxygen atoms in total. The Morgan fingerprint density at radius 3 is 2.73 bits per heavy atom. The van der Waals surface area contributed by atoms with Crippen molar-refractivity contribution in [1.29, 1.82) is 0 Å². The van der Waals surface area contributed by atoms with Gasteiger partial charge in [0.05, 0.1) is 23.6 Å². The van der Waals surface area contributed by atoms with Crippen LogP contribution < -0.4 is 14.4 Å². The van der Waals surface area contributed by atoms with Crippen molar-refractivity contribution < 1.29 is 23.1 Å². The fraction of sp³-hybridized carbons (Fsp3) is 0.575. The Morgan fingerprint density at radius 1 is 1.20 bits per heavy atom. The van der Waals surface area contributed by atoms with Crippen LogP contribution in [0, 0.1) is 17.8 Å². The Balaban J connectivity index is 1.45. The number of aliphatic hydroxyl groups excluding tert-OH is 1. The number of hydrogen-bond acceptors (Lipinski definition) is 6. The predicted octanol–water partition coefficient (Wildman–Crippen LogP) is 8.39. The van der Waals surface area contributed by atoms with Gasteiger partial charge in [0.25, 0.3) is 5.91 Å². The van der Waals surface area contributed by atoms with E-state index in [0.29, 0.717) is 31.9 Å². The van der Waals surface area contributed by atoms with E-state index in [1.807, 2.05) is 12.1 Å². The third-order valence-electron chi connectivity index (χ3n) is 11.2. The van der Waals surface area contributed by atoms with Crippen LogP contribution in [0.4, 0.5) is 5.69 Å². The minimum atomic E-state index is -3.94. The topological polar surface area (TPSA) is 95.9 Å². The quantitative estimate of drug-likeness (QED) is 0.180. The number of nitrogens with one attached hydrogen (secondary N) is 1.